The van der Waals surface area contributed by atoms with Crippen LogP contribution in [0.25, 0.3) is 0 Å². The van der Waals surface area contributed by atoms with Gasteiger partial charge in [0.2, 0.25) is 0 Å². The van der Waals surface area contributed by atoms with Gasteiger partial charge in [-0.25, -0.2) is 4.39 Å². The van der Waals surface area contributed by atoms with Gasteiger partial charge in [0.25, 0.3) is 0 Å². The lowest BCUT2D eigenvalue weighted by atomic mass is 9.81. The van der Waals surface area contributed by atoms with Crippen LogP contribution in [0.4, 0.5) is 4.39 Å². The summed E-state index contributed by atoms with van der Waals surface area (Å²) in [5, 5.41) is 13.1. The first kappa shape index (κ1) is 12.8. The fourth-order valence-electron chi connectivity index (χ4n) is 3.11. The standard InChI is InChI=1S/C14H19FN2O2/c15-11-1-2-12-13(9-11)19-16-14(12)10-3-5-17(6-4-10)7-8-18/h1-2,9-10,12-13,18H,3-8H2. The minimum absolute atomic E-state index is 0.105. The first-order valence-corrected chi connectivity index (χ1v) is 6.90. The molecule has 0 aromatic rings. The molecule has 1 saturated heterocycles. The number of aliphatic hydroxyl groups is 1. The molecule has 0 spiro atoms. The van der Waals surface area contributed by atoms with Crippen molar-refractivity contribution >= 4 is 5.71 Å². The fraction of sp³-hybridized carbons (Fsp3) is 0.643. The van der Waals surface area contributed by atoms with Gasteiger partial charge in [0.15, 0.2) is 6.10 Å². The Labute approximate surface area is 112 Å². The second kappa shape index (κ2) is 5.43. The third kappa shape index (κ3) is 2.58. The van der Waals surface area contributed by atoms with Gasteiger partial charge in [-0.1, -0.05) is 11.2 Å². The van der Waals surface area contributed by atoms with E-state index < -0.39 is 0 Å². The average Bonchev–Trinajstić information content (AvgIpc) is 2.83. The molecule has 0 aromatic carbocycles. The maximum absolute atomic E-state index is 13.1. The number of rotatable bonds is 3. The highest BCUT2D eigenvalue weighted by Gasteiger charge is 2.38. The molecule has 2 atom stereocenters. The molecule has 19 heavy (non-hydrogen) atoms. The summed E-state index contributed by atoms with van der Waals surface area (Å²) < 4.78 is 13.1. The topological polar surface area (TPSA) is 45.1 Å². The molecule has 0 radical (unpaired) electrons. The minimum atomic E-state index is -0.254. The minimum Gasteiger partial charge on any atom is -0.395 e. The lowest BCUT2D eigenvalue weighted by Crippen LogP contribution is -2.39. The third-order valence-corrected chi connectivity index (χ3v) is 4.18. The summed E-state index contributed by atoms with van der Waals surface area (Å²) in [6.07, 6.45) is 6.69. The molecule has 2 aliphatic heterocycles. The van der Waals surface area contributed by atoms with E-state index in [-0.39, 0.29) is 24.5 Å². The monoisotopic (exact) mass is 266 g/mol. The number of fused-ring (bicyclic) bond motifs is 1. The SMILES string of the molecule is OCCN1CCC(C2=NOC3C=C(F)C=CC23)CC1. The van der Waals surface area contributed by atoms with Crippen LogP contribution < -0.4 is 0 Å². The molecular weight excluding hydrogens is 247 g/mol. The number of nitrogens with zero attached hydrogens (tertiary/aromatic N) is 2. The Morgan fingerprint density at radius 2 is 2.21 bits per heavy atom. The van der Waals surface area contributed by atoms with Gasteiger partial charge in [-0.15, -0.1) is 0 Å². The highest BCUT2D eigenvalue weighted by molar-refractivity contribution is 5.92. The zero-order valence-electron chi connectivity index (χ0n) is 10.8. The summed E-state index contributed by atoms with van der Waals surface area (Å²) in [5.74, 6) is 0.286. The molecule has 3 aliphatic rings. The lowest BCUT2D eigenvalue weighted by Gasteiger charge is -2.32. The molecule has 0 saturated carbocycles. The van der Waals surface area contributed by atoms with E-state index in [2.05, 4.69) is 10.1 Å². The Morgan fingerprint density at radius 1 is 1.42 bits per heavy atom. The van der Waals surface area contributed by atoms with Crippen molar-refractivity contribution in [2.75, 3.05) is 26.2 Å². The van der Waals surface area contributed by atoms with E-state index in [1.165, 1.54) is 12.2 Å². The smallest absolute Gasteiger partial charge is 0.160 e. The van der Waals surface area contributed by atoms with Crippen LogP contribution in [-0.2, 0) is 4.84 Å². The van der Waals surface area contributed by atoms with Gasteiger partial charge in [0, 0.05) is 12.5 Å². The predicted octanol–water partition coefficient (Wildman–Crippen LogP) is 1.48. The van der Waals surface area contributed by atoms with Crippen LogP contribution in [0, 0.1) is 11.8 Å². The molecule has 2 unspecified atom stereocenters. The Bertz CT molecular complexity index is 425. The number of halogens is 1. The second-order valence-corrected chi connectivity index (χ2v) is 5.36. The highest BCUT2D eigenvalue weighted by Crippen LogP contribution is 2.33. The molecule has 3 rings (SSSR count). The van der Waals surface area contributed by atoms with Crippen molar-refractivity contribution in [2.24, 2.45) is 17.0 Å². The number of oxime groups is 1. The average molecular weight is 266 g/mol. The molecule has 4 nitrogen and oxygen atoms in total. The second-order valence-electron chi connectivity index (χ2n) is 5.36. The maximum Gasteiger partial charge on any atom is 0.160 e. The third-order valence-electron chi connectivity index (χ3n) is 4.18. The summed E-state index contributed by atoms with van der Waals surface area (Å²) in [6.45, 7) is 2.92. The van der Waals surface area contributed by atoms with Gasteiger partial charge in [-0.3, -0.25) is 0 Å². The van der Waals surface area contributed by atoms with Crippen LogP contribution in [0.2, 0.25) is 0 Å². The molecule has 0 bridgehead atoms. The van der Waals surface area contributed by atoms with Crippen molar-refractivity contribution in [2.45, 2.75) is 18.9 Å². The molecule has 1 fully saturated rings. The van der Waals surface area contributed by atoms with Crippen LogP contribution in [0.5, 0.6) is 0 Å². The van der Waals surface area contributed by atoms with E-state index in [0.29, 0.717) is 5.92 Å². The summed E-state index contributed by atoms with van der Waals surface area (Å²) in [4.78, 5) is 7.60. The summed E-state index contributed by atoms with van der Waals surface area (Å²) in [7, 11) is 0. The number of aliphatic hydroxyl groups excluding tert-OH is 1. The Morgan fingerprint density at radius 3 is 2.95 bits per heavy atom. The zero-order valence-corrected chi connectivity index (χ0v) is 10.8. The number of likely N-dealkylation sites (tertiary alicyclic amines) is 1. The molecular formula is C14H19FN2O2. The van der Waals surface area contributed by atoms with Gasteiger partial charge in [-0.2, -0.15) is 0 Å². The van der Waals surface area contributed by atoms with Gasteiger partial charge < -0.3 is 14.8 Å². The van der Waals surface area contributed by atoms with Crippen molar-refractivity contribution in [1.29, 1.82) is 0 Å². The molecule has 1 N–H and O–H groups in total. The van der Waals surface area contributed by atoms with E-state index in [0.717, 1.165) is 38.2 Å². The molecule has 5 heteroatoms. The maximum atomic E-state index is 13.1. The van der Waals surface area contributed by atoms with E-state index in [1.807, 2.05) is 6.08 Å². The number of piperidine rings is 1. The molecule has 1 aliphatic carbocycles. The highest BCUT2D eigenvalue weighted by atomic mass is 19.1. The van der Waals surface area contributed by atoms with E-state index >= 15 is 0 Å². The Balaban J connectivity index is 1.61. The van der Waals surface area contributed by atoms with Gasteiger partial charge in [0.05, 0.1) is 18.2 Å². The van der Waals surface area contributed by atoms with Gasteiger partial charge >= 0.3 is 0 Å². The quantitative estimate of drug-likeness (QED) is 0.841. The van der Waals surface area contributed by atoms with Crippen molar-refractivity contribution in [3.8, 4) is 0 Å². The van der Waals surface area contributed by atoms with Crippen molar-refractivity contribution in [3.63, 3.8) is 0 Å². The summed E-state index contributed by atoms with van der Waals surface area (Å²) in [6, 6.07) is 0. The van der Waals surface area contributed by atoms with Crippen molar-refractivity contribution < 1.29 is 14.3 Å². The van der Waals surface area contributed by atoms with Crippen LogP contribution in [0.1, 0.15) is 12.8 Å². The molecule has 104 valence electrons. The number of hydrogen-bond acceptors (Lipinski definition) is 4. The summed E-state index contributed by atoms with van der Waals surface area (Å²) in [5.41, 5.74) is 1.06. The Kier molecular flexibility index (Phi) is 3.66. The molecule has 0 amide bonds. The number of β-amino-alcohol motifs (C(OH)–C–C–N with tert-alkyl or cyclic N) is 1. The largest absolute Gasteiger partial charge is 0.395 e. The Hall–Kier alpha value is -1.20. The predicted molar refractivity (Wildman–Crippen MR) is 70.4 cm³/mol. The first-order valence-electron chi connectivity index (χ1n) is 6.90. The van der Waals surface area contributed by atoms with Gasteiger partial charge in [-0.05, 0) is 38.1 Å². The first-order chi connectivity index (χ1) is 9.28. The summed E-state index contributed by atoms with van der Waals surface area (Å²) >= 11 is 0. The van der Waals surface area contributed by atoms with Crippen LogP contribution >= 0.6 is 0 Å². The van der Waals surface area contributed by atoms with Crippen molar-refractivity contribution in [1.82, 2.24) is 4.90 Å². The van der Waals surface area contributed by atoms with Gasteiger partial charge in [0.1, 0.15) is 5.83 Å². The fourth-order valence-corrected chi connectivity index (χ4v) is 3.11. The zero-order chi connectivity index (χ0) is 13.2. The molecule has 0 aromatic heterocycles. The van der Waals surface area contributed by atoms with Crippen LogP contribution in [0.15, 0.2) is 29.2 Å². The normalized spacial score (nSPS) is 31.7. The number of allylic oxidation sites excluding steroid dienone is 2. The van der Waals surface area contributed by atoms with Crippen LogP contribution in [-0.4, -0.2) is 48.1 Å². The van der Waals surface area contributed by atoms with Crippen LogP contribution in [0.3, 0.4) is 0 Å². The van der Waals surface area contributed by atoms with E-state index in [4.69, 9.17) is 9.94 Å². The number of hydrogen-bond donors (Lipinski definition) is 1. The van der Waals surface area contributed by atoms with E-state index in [9.17, 15) is 4.39 Å². The molecule has 2 heterocycles. The van der Waals surface area contributed by atoms with Crippen molar-refractivity contribution in [3.05, 3.63) is 24.1 Å². The lowest BCUT2D eigenvalue weighted by molar-refractivity contribution is 0.103. The van der Waals surface area contributed by atoms with E-state index in [1.54, 1.807) is 0 Å².